The molecule has 0 heterocycles. The fraction of sp³-hybridized carbons (Fsp3) is 0.727. The van der Waals surface area contributed by atoms with Gasteiger partial charge in [-0.3, -0.25) is 0 Å². The first kappa shape index (κ1) is 23.9. The van der Waals surface area contributed by atoms with Crippen LogP contribution in [-0.4, -0.2) is 40.2 Å². The molecule has 0 spiro atoms. The quantitative estimate of drug-likeness (QED) is 0.297. The molecule has 2 atom stereocenters. The Bertz CT molecular complexity index is 476. The zero-order valence-corrected chi connectivity index (χ0v) is 18.0. The topological polar surface area (TPSA) is 46.2 Å². The van der Waals surface area contributed by atoms with Crippen molar-refractivity contribution >= 4 is 0 Å². The molecule has 0 bridgehead atoms. The van der Waals surface area contributed by atoms with Gasteiger partial charge in [0.05, 0.1) is 5.92 Å². The highest BCUT2D eigenvalue weighted by molar-refractivity contribution is 5.30. The number of ether oxygens (including phenoxy) is 5. The Hall–Kier alpha value is -1.14. The summed E-state index contributed by atoms with van der Waals surface area (Å²) < 4.78 is 28.2. The number of rotatable bonds is 15. The van der Waals surface area contributed by atoms with Crippen LogP contribution >= 0.6 is 0 Å². The van der Waals surface area contributed by atoms with Gasteiger partial charge in [-0.25, -0.2) is 0 Å². The van der Waals surface area contributed by atoms with Crippen molar-refractivity contribution in [3.63, 3.8) is 0 Å². The van der Waals surface area contributed by atoms with Gasteiger partial charge in [-0.2, -0.15) is 0 Å². The standard InChI is InChI=1S/C22H38O5/c1-7-9-10-11-12-13-21(22(23-4,24-5)25-6)19-14-16-20(17-15-19)27-18(3)26-8-2/h14-18,21H,7-13H2,1-6H3. The number of methoxy groups -OCH3 is 3. The Morgan fingerprint density at radius 3 is 1.96 bits per heavy atom. The molecule has 1 aromatic carbocycles. The maximum absolute atomic E-state index is 5.76. The summed E-state index contributed by atoms with van der Waals surface area (Å²) in [5.74, 6) is -0.345. The molecule has 0 amide bonds. The second kappa shape index (κ2) is 13.1. The Morgan fingerprint density at radius 2 is 1.44 bits per heavy atom. The van der Waals surface area contributed by atoms with E-state index in [-0.39, 0.29) is 12.2 Å². The van der Waals surface area contributed by atoms with E-state index in [0.29, 0.717) is 6.61 Å². The van der Waals surface area contributed by atoms with Gasteiger partial charge < -0.3 is 23.7 Å². The van der Waals surface area contributed by atoms with E-state index in [1.165, 1.54) is 25.7 Å². The van der Waals surface area contributed by atoms with Crippen molar-refractivity contribution in [1.29, 1.82) is 0 Å². The maximum atomic E-state index is 5.76. The summed E-state index contributed by atoms with van der Waals surface area (Å²) in [5.41, 5.74) is 1.10. The van der Waals surface area contributed by atoms with Crippen molar-refractivity contribution in [2.75, 3.05) is 27.9 Å². The van der Waals surface area contributed by atoms with Gasteiger partial charge in [0.25, 0.3) is 5.97 Å². The van der Waals surface area contributed by atoms with Crippen LogP contribution in [0.25, 0.3) is 0 Å². The third-order valence-corrected chi connectivity index (χ3v) is 4.86. The Kier molecular flexibility index (Phi) is 11.6. The van der Waals surface area contributed by atoms with Crippen molar-refractivity contribution in [2.24, 2.45) is 0 Å². The summed E-state index contributed by atoms with van der Waals surface area (Å²) in [7, 11) is 4.87. The van der Waals surface area contributed by atoms with Crippen LogP contribution in [0.15, 0.2) is 24.3 Å². The molecule has 156 valence electrons. The lowest BCUT2D eigenvalue weighted by Gasteiger charge is -2.36. The molecular weight excluding hydrogens is 344 g/mol. The van der Waals surface area contributed by atoms with Crippen LogP contribution in [-0.2, 0) is 18.9 Å². The van der Waals surface area contributed by atoms with Crippen molar-refractivity contribution in [3.05, 3.63) is 29.8 Å². The highest BCUT2D eigenvalue weighted by Crippen LogP contribution is 2.37. The third kappa shape index (κ3) is 7.41. The summed E-state index contributed by atoms with van der Waals surface area (Å²) >= 11 is 0. The molecule has 0 fully saturated rings. The summed E-state index contributed by atoms with van der Waals surface area (Å²) in [4.78, 5) is 0. The Morgan fingerprint density at radius 1 is 0.852 bits per heavy atom. The molecule has 0 aliphatic carbocycles. The molecule has 0 radical (unpaired) electrons. The van der Waals surface area contributed by atoms with Gasteiger partial charge in [0.15, 0.2) is 6.29 Å². The first-order valence-electron chi connectivity index (χ1n) is 10.1. The Balaban J connectivity index is 2.90. The molecular formula is C22H38O5. The molecule has 0 aliphatic heterocycles. The lowest BCUT2D eigenvalue weighted by Crippen LogP contribution is -2.42. The minimum absolute atomic E-state index is 0.0301. The van der Waals surface area contributed by atoms with E-state index in [1.807, 2.05) is 26.0 Å². The first-order valence-corrected chi connectivity index (χ1v) is 10.1. The monoisotopic (exact) mass is 382 g/mol. The fourth-order valence-corrected chi connectivity index (χ4v) is 3.42. The molecule has 27 heavy (non-hydrogen) atoms. The zero-order valence-electron chi connectivity index (χ0n) is 18.0. The lowest BCUT2D eigenvalue weighted by atomic mass is 9.90. The van der Waals surface area contributed by atoms with Gasteiger partial charge in [0.2, 0.25) is 0 Å². The SMILES string of the molecule is CCCCCCCC(c1ccc(OC(C)OCC)cc1)C(OC)(OC)OC. The average Bonchev–Trinajstić information content (AvgIpc) is 2.68. The minimum Gasteiger partial charge on any atom is -0.465 e. The van der Waals surface area contributed by atoms with Gasteiger partial charge in [0, 0.05) is 27.9 Å². The molecule has 1 rings (SSSR count). The van der Waals surface area contributed by atoms with E-state index in [2.05, 4.69) is 19.1 Å². The Labute approximate surface area is 165 Å². The predicted octanol–water partition coefficient (Wildman–Crippen LogP) is 5.49. The normalized spacial score (nSPS) is 14.1. The number of benzene rings is 1. The minimum atomic E-state index is -1.09. The summed E-state index contributed by atoms with van der Waals surface area (Å²) in [6.07, 6.45) is 6.72. The van der Waals surface area contributed by atoms with Gasteiger partial charge in [-0.05, 0) is 38.0 Å². The molecule has 0 N–H and O–H groups in total. The fourth-order valence-electron chi connectivity index (χ4n) is 3.42. The average molecular weight is 383 g/mol. The van der Waals surface area contributed by atoms with Gasteiger partial charge in [-0.1, -0.05) is 51.2 Å². The van der Waals surface area contributed by atoms with Gasteiger partial charge in [0.1, 0.15) is 5.75 Å². The molecule has 0 saturated heterocycles. The van der Waals surface area contributed by atoms with Crippen molar-refractivity contribution < 1.29 is 23.7 Å². The molecule has 0 aliphatic rings. The van der Waals surface area contributed by atoms with Gasteiger partial charge in [-0.15, -0.1) is 0 Å². The van der Waals surface area contributed by atoms with Crippen LogP contribution in [0, 0.1) is 0 Å². The first-order chi connectivity index (χ1) is 13.1. The van der Waals surface area contributed by atoms with Crippen LogP contribution in [0.5, 0.6) is 5.75 Å². The molecule has 0 aromatic heterocycles. The van der Waals surface area contributed by atoms with E-state index >= 15 is 0 Å². The number of unbranched alkanes of at least 4 members (excludes halogenated alkanes) is 4. The van der Waals surface area contributed by atoms with Crippen LogP contribution in [0.1, 0.15) is 70.8 Å². The van der Waals surface area contributed by atoms with E-state index < -0.39 is 5.97 Å². The summed E-state index contributed by atoms with van der Waals surface area (Å²) in [6, 6.07) is 8.02. The highest BCUT2D eigenvalue weighted by atomic mass is 16.9. The van der Waals surface area contributed by atoms with Crippen LogP contribution in [0.3, 0.4) is 0 Å². The second-order valence-corrected chi connectivity index (χ2v) is 6.68. The van der Waals surface area contributed by atoms with Gasteiger partial charge >= 0.3 is 0 Å². The third-order valence-electron chi connectivity index (χ3n) is 4.86. The number of hydrogen-bond donors (Lipinski definition) is 0. The predicted molar refractivity (Wildman–Crippen MR) is 108 cm³/mol. The van der Waals surface area contributed by atoms with E-state index in [0.717, 1.165) is 24.2 Å². The molecule has 5 nitrogen and oxygen atoms in total. The number of hydrogen-bond acceptors (Lipinski definition) is 5. The van der Waals surface area contributed by atoms with Crippen molar-refractivity contribution in [1.82, 2.24) is 0 Å². The smallest absolute Gasteiger partial charge is 0.289 e. The van der Waals surface area contributed by atoms with Crippen LogP contribution < -0.4 is 4.74 Å². The molecule has 2 unspecified atom stereocenters. The molecule has 1 aromatic rings. The van der Waals surface area contributed by atoms with Crippen LogP contribution in [0.2, 0.25) is 0 Å². The molecule has 5 heteroatoms. The summed E-state index contributed by atoms with van der Waals surface area (Å²) in [5, 5.41) is 0. The summed E-state index contributed by atoms with van der Waals surface area (Å²) in [6.45, 7) is 6.69. The maximum Gasteiger partial charge on any atom is 0.289 e. The van der Waals surface area contributed by atoms with E-state index in [4.69, 9.17) is 23.7 Å². The van der Waals surface area contributed by atoms with Crippen molar-refractivity contribution in [3.8, 4) is 5.75 Å². The van der Waals surface area contributed by atoms with E-state index in [9.17, 15) is 0 Å². The largest absolute Gasteiger partial charge is 0.465 e. The van der Waals surface area contributed by atoms with E-state index in [1.54, 1.807) is 21.3 Å². The van der Waals surface area contributed by atoms with Crippen LogP contribution in [0.4, 0.5) is 0 Å². The zero-order chi connectivity index (χ0) is 20.1. The highest BCUT2D eigenvalue weighted by Gasteiger charge is 2.40. The molecule has 0 saturated carbocycles. The second-order valence-electron chi connectivity index (χ2n) is 6.68. The van der Waals surface area contributed by atoms with Crippen molar-refractivity contribution in [2.45, 2.75) is 77.5 Å². The lowest BCUT2D eigenvalue weighted by molar-refractivity contribution is -0.365.